The molecular weight excluding hydrogens is 304 g/mol. The van der Waals surface area contributed by atoms with Crippen LogP contribution in [0.1, 0.15) is 20.7 Å². The molecule has 0 radical (unpaired) electrons. The largest absolute Gasteiger partial charge is 0.490 e. The van der Waals surface area contributed by atoms with Gasteiger partial charge < -0.3 is 9.47 Å². The van der Waals surface area contributed by atoms with Crippen molar-refractivity contribution in [2.45, 2.75) is 0 Å². The summed E-state index contributed by atoms with van der Waals surface area (Å²) in [5.41, 5.74) is 0.894. The topological polar surface area (TPSA) is 52.6 Å². The van der Waals surface area contributed by atoms with E-state index in [-0.39, 0.29) is 11.6 Å². The van der Waals surface area contributed by atoms with Crippen LogP contribution in [0.5, 0.6) is 11.5 Å². The van der Waals surface area contributed by atoms with Crippen molar-refractivity contribution in [1.29, 1.82) is 0 Å². The van der Waals surface area contributed by atoms with E-state index >= 15 is 0 Å². The summed E-state index contributed by atoms with van der Waals surface area (Å²) in [6.45, 7) is 0.654. The third-order valence-corrected chi connectivity index (χ3v) is 3.12. The van der Waals surface area contributed by atoms with Gasteiger partial charge in [0.05, 0.1) is 0 Å². The lowest BCUT2D eigenvalue weighted by atomic mass is 10.1. The van der Waals surface area contributed by atoms with Gasteiger partial charge >= 0.3 is 0 Å². The molecule has 0 atom stereocenters. The minimum absolute atomic E-state index is 0.327. The van der Waals surface area contributed by atoms with Crippen molar-refractivity contribution >= 4 is 11.6 Å². The number of ketones is 2. The Morgan fingerprint density at radius 1 is 0.708 bits per heavy atom. The van der Waals surface area contributed by atoms with Gasteiger partial charge in [0.15, 0.2) is 0 Å². The molecule has 4 nitrogen and oxygen atoms in total. The average Bonchev–Trinajstić information content (AvgIpc) is 2.65. The molecule has 0 aliphatic rings. The van der Waals surface area contributed by atoms with Crippen LogP contribution in [-0.2, 0) is 0 Å². The van der Waals surface area contributed by atoms with E-state index < -0.39 is 0 Å². The van der Waals surface area contributed by atoms with Crippen LogP contribution < -0.4 is 9.47 Å². The Morgan fingerprint density at radius 3 is 1.33 bits per heavy atom. The maximum atomic E-state index is 11.3. The molecule has 2 rings (SSSR count). The first-order chi connectivity index (χ1) is 11.6. The lowest BCUT2D eigenvalue weighted by Gasteiger charge is -2.09. The molecule has 0 aliphatic heterocycles. The van der Waals surface area contributed by atoms with E-state index in [1.54, 1.807) is 48.5 Å². The van der Waals surface area contributed by atoms with Crippen LogP contribution in [0.2, 0.25) is 0 Å². The molecule has 0 amide bonds. The zero-order chi connectivity index (χ0) is 17.4. The highest BCUT2D eigenvalue weighted by Gasteiger charge is 2.03. The fraction of sp³-hybridized carbons (Fsp3) is 0.100. The molecule has 118 valence electrons. The number of Topliss-reactive ketones (excluding diaryl/α,β-unsaturated/α-hetero) is 2. The Hall–Kier alpha value is -3.50. The molecule has 4 heteroatoms. The van der Waals surface area contributed by atoms with Gasteiger partial charge in [-0.05, 0) is 60.4 Å². The summed E-state index contributed by atoms with van der Waals surface area (Å²) in [4.78, 5) is 22.6. The van der Waals surface area contributed by atoms with Gasteiger partial charge in [-0.1, -0.05) is 0 Å². The van der Waals surface area contributed by atoms with E-state index in [0.717, 1.165) is 0 Å². The predicted octanol–water partition coefficient (Wildman–Crippen LogP) is 2.78. The molecular formula is C20H14O4. The highest BCUT2D eigenvalue weighted by atomic mass is 16.5. The molecule has 2 aromatic carbocycles. The predicted molar refractivity (Wildman–Crippen MR) is 90.2 cm³/mol. The minimum atomic E-state index is -0.364. The van der Waals surface area contributed by atoms with Crippen molar-refractivity contribution < 1.29 is 19.1 Å². The first-order valence-corrected chi connectivity index (χ1v) is 7.11. The summed E-state index contributed by atoms with van der Waals surface area (Å²) in [6.07, 6.45) is 10.1. The third kappa shape index (κ3) is 4.50. The number of terminal acetylenes is 2. The summed E-state index contributed by atoms with van der Waals surface area (Å²) in [6, 6.07) is 13.1. The Labute approximate surface area is 140 Å². The normalized spacial score (nSPS) is 9.42. The fourth-order valence-corrected chi connectivity index (χ4v) is 1.89. The Kier molecular flexibility index (Phi) is 5.77. The van der Waals surface area contributed by atoms with E-state index in [1.807, 2.05) is 0 Å². The number of benzene rings is 2. The van der Waals surface area contributed by atoms with Crippen molar-refractivity contribution in [3.63, 3.8) is 0 Å². The first-order valence-electron chi connectivity index (χ1n) is 7.11. The molecule has 0 N–H and O–H groups in total. The quantitative estimate of drug-likeness (QED) is 0.341. The zero-order valence-corrected chi connectivity index (χ0v) is 12.8. The van der Waals surface area contributed by atoms with Gasteiger partial charge in [0.25, 0.3) is 0 Å². The molecule has 2 aromatic rings. The maximum Gasteiger partial charge on any atom is 0.235 e. The second kappa shape index (κ2) is 8.22. The van der Waals surface area contributed by atoms with E-state index in [4.69, 9.17) is 22.3 Å². The lowest BCUT2D eigenvalue weighted by molar-refractivity contribution is 0.104. The molecule has 0 saturated heterocycles. The Morgan fingerprint density at radius 2 is 1.04 bits per heavy atom. The van der Waals surface area contributed by atoms with Gasteiger partial charge in [-0.25, -0.2) is 0 Å². The summed E-state index contributed by atoms with van der Waals surface area (Å²) < 4.78 is 11.0. The molecule has 0 aromatic heterocycles. The number of carbonyl (C=O) groups is 2. The van der Waals surface area contributed by atoms with Crippen LogP contribution in [0.4, 0.5) is 0 Å². The summed E-state index contributed by atoms with van der Waals surface area (Å²) in [7, 11) is 0. The smallest absolute Gasteiger partial charge is 0.235 e. The molecule has 24 heavy (non-hydrogen) atoms. The summed E-state index contributed by atoms with van der Waals surface area (Å²) in [5, 5.41) is 0. The monoisotopic (exact) mass is 318 g/mol. The van der Waals surface area contributed by atoms with E-state index in [1.165, 1.54) is 0 Å². The highest BCUT2D eigenvalue weighted by molar-refractivity contribution is 6.09. The Balaban J connectivity index is 1.79. The maximum absolute atomic E-state index is 11.3. The number of rotatable bonds is 7. The second-order valence-corrected chi connectivity index (χ2v) is 4.69. The van der Waals surface area contributed by atoms with Crippen molar-refractivity contribution in [3.8, 4) is 36.2 Å². The van der Waals surface area contributed by atoms with Gasteiger partial charge in [-0.2, -0.15) is 0 Å². The molecule has 0 heterocycles. The number of carbonyl (C=O) groups excluding carboxylic acids is 2. The van der Waals surface area contributed by atoms with Crippen molar-refractivity contribution in [1.82, 2.24) is 0 Å². The van der Waals surface area contributed by atoms with Crippen LogP contribution in [0.25, 0.3) is 0 Å². The molecule has 0 bridgehead atoms. The third-order valence-electron chi connectivity index (χ3n) is 3.12. The van der Waals surface area contributed by atoms with Gasteiger partial charge in [0, 0.05) is 11.1 Å². The fourth-order valence-electron chi connectivity index (χ4n) is 1.89. The molecule has 0 unspecified atom stereocenters. The molecule has 0 saturated carbocycles. The first kappa shape index (κ1) is 16.9. The van der Waals surface area contributed by atoms with E-state index in [2.05, 4.69) is 11.8 Å². The van der Waals surface area contributed by atoms with Crippen LogP contribution in [-0.4, -0.2) is 24.8 Å². The number of hydrogen-bond acceptors (Lipinski definition) is 4. The zero-order valence-electron chi connectivity index (χ0n) is 12.8. The summed E-state index contributed by atoms with van der Waals surface area (Å²) in [5.74, 6) is 4.61. The van der Waals surface area contributed by atoms with Crippen molar-refractivity contribution in [3.05, 3.63) is 59.7 Å². The van der Waals surface area contributed by atoms with Gasteiger partial charge in [-0.3, -0.25) is 9.59 Å². The lowest BCUT2D eigenvalue weighted by Crippen LogP contribution is -2.09. The number of ether oxygens (including phenoxy) is 2. The standard InChI is InChI=1S/C20H14O4/c1-3-19(21)15-5-9-17(10-6-15)23-13-14-24-18-11-7-16(8-12-18)20(22)4-2/h1-2,5-12H,13-14H2. The van der Waals surface area contributed by atoms with Crippen molar-refractivity contribution in [2.24, 2.45) is 0 Å². The van der Waals surface area contributed by atoms with Gasteiger partial charge in [-0.15, -0.1) is 12.8 Å². The van der Waals surface area contributed by atoms with E-state index in [9.17, 15) is 9.59 Å². The second-order valence-electron chi connectivity index (χ2n) is 4.69. The van der Waals surface area contributed by atoms with Gasteiger partial charge in [0.2, 0.25) is 11.6 Å². The van der Waals surface area contributed by atoms with Crippen LogP contribution in [0, 0.1) is 24.7 Å². The molecule has 0 fully saturated rings. The molecule has 0 spiro atoms. The Bertz CT molecular complexity index is 731. The average molecular weight is 318 g/mol. The SMILES string of the molecule is C#CC(=O)c1ccc(OCCOc2ccc(C(=O)C#C)cc2)cc1. The minimum Gasteiger partial charge on any atom is -0.490 e. The van der Waals surface area contributed by atoms with Crippen LogP contribution in [0.3, 0.4) is 0 Å². The summed E-state index contributed by atoms with van der Waals surface area (Å²) >= 11 is 0. The van der Waals surface area contributed by atoms with Crippen molar-refractivity contribution in [2.75, 3.05) is 13.2 Å². The van der Waals surface area contributed by atoms with E-state index in [0.29, 0.717) is 35.8 Å². The highest BCUT2D eigenvalue weighted by Crippen LogP contribution is 2.14. The molecule has 0 aliphatic carbocycles. The van der Waals surface area contributed by atoms with Crippen LogP contribution >= 0.6 is 0 Å². The number of hydrogen-bond donors (Lipinski definition) is 0. The van der Waals surface area contributed by atoms with Gasteiger partial charge in [0.1, 0.15) is 24.7 Å². The van der Waals surface area contributed by atoms with Crippen LogP contribution in [0.15, 0.2) is 48.5 Å².